The highest BCUT2D eigenvalue weighted by Crippen LogP contribution is 2.49. The summed E-state index contributed by atoms with van der Waals surface area (Å²) in [7, 11) is 0. The van der Waals surface area contributed by atoms with Gasteiger partial charge in [-0.25, -0.2) is 0 Å². The molecule has 0 saturated carbocycles. The van der Waals surface area contributed by atoms with Crippen LogP contribution in [0, 0.1) is 13.8 Å². The molecular formula is C88H81NO11. The lowest BCUT2D eigenvalue weighted by Gasteiger charge is -2.33. The number of aliphatic hydroxyl groups is 1. The Hall–Kier alpha value is -11.4. The van der Waals surface area contributed by atoms with Crippen molar-refractivity contribution in [3.05, 3.63) is 369 Å². The zero-order valence-corrected chi connectivity index (χ0v) is 56.2. The summed E-state index contributed by atoms with van der Waals surface area (Å²) in [5, 5.41) is 11.7. The Morgan fingerprint density at radius 3 is 0.830 bits per heavy atom. The van der Waals surface area contributed by atoms with Crippen molar-refractivity contribution < 1.29 is 52.5 Å². The molecule has 12 aromatic rings. The van der Waals surface area contributed by atoms with E-state index in [1.807, 2.05) is 281 Å². The molecule has 0 fully saturated rings. The lowest BCUT2D eigenvalue weighted by atomic mass is 9.91. The van der Waals surface area contributed by atoms with Gasteiger partial charge in [-0.15, -0.1) is 0 Å². The zero-order chi connectivity index (χ0) is 68.2. The molecule has 2 heterocycles. The molecule has 100 heavy (non-hydrogen) atoms. The standard InChI is InChI=1S/C44H41NO5.C44H40O6/c2*1-31-22-39(46-27-32-14-6-2-7-15-32)37-26-38(45)43(50-40(37)23-31)36-24-41(47-28-33-16-8-3-9-17-33)44(49-30-35-20-12-5-13-21-35)42(25-36)48-29-34-18-10-4-11-19-34/h2-25,38,43H,26-30,45H2,1H3;2-25,38,43,45H,26-30H2,1H3/t38-,43-;38-,43+/m10/s1. The van der Waals surface area contributed by atoms with Crippen molar-refractivity contribution in [3.8, 4) is 57.5 Å². The van der Waals surface area contributed by atoms with Gasteiger partial charge in [-0.05, 0) is 124 Å². The maximum Gasteiger partial charge on any atom is 0.203 e. The molecule has 0 spiro atoms. The summed E-state index contributed by atoms with van der Waals surface area (Å²) in [5.41, 5.74) is 20.7. The molecule has 0 amide bonds. The lowest BCUT2D eigenvalue weighted by Crippen LogP contribution is -2.37. The molecular weight excluding hydrogens is 1250 g/mol. The molecule has 0 aromatic heterocycles. The minimum Gasteiger partial charge on any atom is -0.488 e. The average Bonchev–Trinajstić information content (AvgIpc) is 0.778. The van der Waals surface area contributed by atoms with E-state index in [4.69, 9.17) is 53.1 Å². The normalized spacial score (nSPS) is 15.0. The maximum absolute atomic E-state index is 11.7. The molecule has 0 aliphatic carbocycles. The van der Waals surface area contributed by atoms with Crippen molar-refractivity contribution in [2.24, 2.45) is 5.73 Å². The van der Waals surface area contributed by atoms with E-state index in [1.165, 1.54) is 0 Å². The van der Waals surface area contributed by atoms with E-state index in [9.17, 15) is 5.11 Å². The Bertz CT molecular complexity index is 4130. The Balaban J connectivity index is 0.000000179. The van der Waals surface area contributed by atoms with Crippen LogP contribution in [0.2, 0.25) is 0 Å². The molecule has 504 valence electrons. The van der Waals surface area contributed by atoms with Crippen LogP contribution in [-0.4, -0.2) is 17.3 Å². The van der Waals surface area contributed by atoms with Crippen LogP contribution in [0.4, 0.5) is 0 Å². The van der Waals surface area contributed by atoms with Gasteiger partial charge in [-0.3, -0.25) is 0 Å². The number of fused-ring (bicyclic) bond motifs is 2. The fourth-order valence-electron chi connectivity index (χ4n) is 12.2. The van der Waals surface area contributed by atoms with Gasteiger partial charge in [-0.2, -0.15) is 0 Å². The Labute approximate surface area is 585 Å². The van der Waals surface area contributed by atoms with Crippen molar-refractivity contribution >= 4 is 0 Å². The number of hydrogen-bond donors (Lipinski definition) is 2. The molecule has 3 N–H and O–H groups in total. The van der Waals surface area contributed by atoms with Gasteiger partial charge in [0.05, 0.1) is 12.1 Å². The monoisotopic (exact) mass is 1330 g/mol. The molecule has 12 aromatic carbocycles. The summed E-state index contributed by atoms with van der Waals surface area (Å²) in [4.78, 5) is 0. The molecule has 0 saturated heterocycles. The highest BCUT2D eigenvalue weighted by atomic mass is 16.6. The number of ether oxygens (including phenoxy) is 10. The molecule has 0 unspecified atom stereocenters. The number of rotatable bonds is 26. The zero-order valence-electron chi connectivity index (χ0n) is 56.2. The lowest BCUT2D eigenvalue weighted by molar-refractivity contribution is 0.0193. The molecule has 0 radical (unpaired) electrons. The van der Waals surface area contributed by atoms with Gasteiger partial charge in [-0.1, -0.05) is 243 Å². The number of nitrogens with two attached hydrogens (primary N) is 1. The largest absolute Gasteiger partial charge is 0.488 e. The minimum atomic E-state index is -0.857. The van der Waals surface area contributed by atoms with Crippen LogP contribution in [0.25, 0.3) is 0 Å². The molecule has 2 aliphatic heterocycles. The van der Waals surface area contributed by atoms with E-state index in [2.05, 4.69) is 24.3 Å². The van der Waals surface area contributed by atoms with Crippen LogP contribution in [0.1, 0.15) is 90.1 Å². The van der Waals surface area contributed by atoms with Crippen LogP contribution < -0.4 is 53.1 Å². The van der Waals surface area contributed by atoms with E-state index >= 15 is 0 Å². The third-order valence-corrected chi connectivity index (χ3v) is 17.3. The van der Waals surface area contributed by atoms with E-state index in [0.29, 0.717) is 112 Å². The molecule has 2 aliphatic rings. The highest BCUT2D eigenvalue weighted by Gasteiger charge is 2.36. The van der Waals surface area contributed by atoms with Crippen molar-refractivity contribution in [3.63, 3.8) is 0 Å². The van der Waals surface area contributed by atoms with Gasteiger partial charge < -0.3 is 58.2 Å². The number of benzene rings is 12. The minimum absolute atomic E-state index is 0.322. The quantitative estimate of drug-likeness (QED) is 0.0534. The first-order valence-corrected chi connectivity index (χ1v) is 33.9. The van der Waals surface area contributed by atoms with Gasteiger partial charge >= 0.3 is 0 Å². The fourth-order valence-corrected chi connectivity index (χ4v) is 12.2. The van der Waals surface area contributed by atoms with Crippen molar-refractivity contribution in [1.82, 2.24) is 0 Å². The van der Waals surface area contributed by atoms with Gasteiger partial charge in [0, 0.05) is 28.7 Å². The van der Waals surface area contributed by atoms with Crippen LogP contribution in [-0.2, 0) is 65.7 Å². The summed E-state index contributed by atoms with van der Waals surface area (Å²) in [6, 6.07) is 95.9. The number of hydrogen-bond acceptors (Lipinski definition) is 12. The Morgan fingerprint density at radius 1 is 0.300 bits per heavy atom. The average molecular weight is 1330 g/mol. The Kier molecular flexibility index (Phi) is 22.3. The first-order chi connectivity index (χ1) is 49.2. The summed E-state index contributed by atoms with van der Waals surface area (Å²) in [5.74, 6) is 6.10. The predicted molar refractivity (Wildman–Crippen MR) is 390 cm³/mol. The number of aliphatic hydroxyl groups excluding tert-OH is 1. The molecule has 4 atom stereocenters. The molecule has 14 rings (SSSR count). The second-order valence-corrected chi connectivity index (χ2v) is 25.1. The van der Waals surface area contributed by atoms with Crippen LogP contribution in [0.3, 0.4) is 0 Å². The second-order valence-electron chi connectivity index (χ2n) is 25.1. The van der Waals surface area contributed by atoms with E-state index in [1.54, 1.807) is 0 Å². The SMILES string of the molecule is Cc1cc(OCc2ccccc2)c2c(c1)O[C@H](c1cc(OCc3ccccc3)c(OCc3ccccc3)c(OCc3ccccc3)c1)[C@@H](O)C2.Cc1cc(OCc2ccccc2)c2c(c1)O[C@H](c1cc(OCc3ccccc3)c(OCc3ccccc3)c(OCc3ccccc3)c1)[C@H](N)C2. The van der Waals surface area contributed by atoms with Gasteiger partial charge in [0.2, 0.25) is 11.5 Å². The molecule has 12 nitrogen and oxygen atoms in total. The van der Waals surface area contributed by atoms with E-state index in [-0.39, 0.29) is 6.04 Å². The smallest absolute Gasteiger partial charge is 0.203 e. The Morgan fingerprint density at radius 2 is 0.540 bits per heavy atom. The third kappa shape index (κ3) is 17.8. The van der Waals surface area contributed by atoms with Crippen molar-refractivity contribution in [2.45, 2.75) is 104 Å². The topological polar surface area (TPSA) is 139 Å². The summed E-state index contributed by atoms with van der Waals surface area (Å²) in [6.07, 6.45) is -1.07. The maximum atomic E-state index is 11.7. The van der Waals surface area contributed by atoms with Gasteiger partial charge in [0.1, 0.15) is 82.0 Å². The first-order valence-electron chi connectivity index (χ1n) is 33.9. The summed E-state index contributed by atoms with van der Waals surface area (Å²) < 4.78 is 65.0. The van der Waals surface area contributed by atoms with E-state index in [0.717, 1.165) is 89.4 Å². The van der Waals surface area contributed by atoms with Gasteiger partial charge in [0.25, 0.3) is 0 Å². The van der Waals surface area contributed by atoms with Crippen LogP contribution in [0.15, 0.2) is 291 Å². The summed E-state index contributed by atoms with van der Waals surface area (Å²) in [6.45, 7) is 6.97. The van der Waals surface area contributed by atoms with Crippen molar-refractivity contribution in [2.75, 3.05) is 0 Å². The van der Waals surface area contributed by atoms with Crippen LogP contribution >= 0.6 is 0 Å². The summed E-state index contributed by atoms with van der Waals surface area (Å²) >= 11 is 0. The van der Waals surface area contributed by atoms with Crippen molar-refractivity contribution in [1.29, 1.82) is 0 Å². The molecule has 0 bridgehead atoms. The van der Waals surface area contributed by atoms with Gasteiger partial charge in [0.15, 0.2) is 29.1 Å². The van der Waals surface area contributed by atoms with Crippen LogP contribution in [0.5, 0.6) is 57.5 Å². The second kappa shape index (κ2) is 33.2. The molecule has 12 heteroatoms. The highest BCUT2D eigenvalue weighted by molar-refractivity contribution is 5.58. The number of aryl methyl sites for hydroxylation is 2. The van der Waals surface area contributed by atoms with E-state index < -0.39 is 18.3 Å². The predicted octanol–water partition coefficient (Wildman–Crippen LogP) is 18.7. The first kappa shape index (κ1) is 67.1. The third-order valence-electron chi connectivity index (χ3n) is 17.3. The fraction of sp³-hybridized carbons (Fsp3) is 0.182.